The highest BCUT2D eigenvalue weighted by molar-refractivity contribution is 5.96. The first kappa shape index (κ1) is 16.4. The number of H-pyrrole nitrogens is 1. The zero-order valence-electron chi connectivity index (χ0n) is 11.4. The van der Waals surface area contributed by atoms with Crippen molar-refractivity contribution in [2.24, 2.45) is 0 Å². The van der Waals surface area contributed by atoms with Gasteiger partial charge in [-0.3, -0.25) is 14.4 Å². The lowest BCUT2D eigenvalue weighted by Gasteiger charge is -2.13. The molecule has 0 aliphatic heterocycles. The van der Waals surface area contributed by atoms with Crippen molar-refractivity contribution in [1.29, 1.82) is 0 Å². The van der Waals surface area contributed by atoms with Gasteiger partial charge in [0.1, 0.15) is 11.6 Å². The van der Waals surface area contributed by atoms with Gasteiger partial charge in [-0.05, 0) is 13.3 Å². The van der Waals surface area contributed by atoms with Crippen LogP contribution in [0.4, 0.5) is 0 Å². The van der Waals surface area contributed by atoms with E-state index in [0.717, 1.165) is 6.07 Å². The summed E-state index contributed by atoms with van der Waals surface area (Å²) < 4.78 is 4.68. The second-order valence-corrected chi connectivity index (χ2v) is 4.13. The van der Waals surface area contributed by atoms with E-state index in [2.05, 4.69) is 15.0 Å². The van der Waals surface area contributed by atoms with E-state index < -0.39 is 29.3 Å². The van der Waals surface area contributed by atoms with Gasteiger partial charge in [-0.1, -0.05) is 0 Å². The van der Waals surface area contributed by atoms with Crippen LogP contribution in [0.15, 0.2) is 23.3 Å². The Morgan fingerprint density at radius 3 is 2.71 bits per heavy atom. The molecule has 1 aromatic heterocycles. The zero-order valence-corrected chi connectivity index (χ0v) is 11.4. The normalized spacial score (nSPS) is 11.5. The number of pyridine rings is 1. The van der Waals surface area contributed by atoms with Crippen molar-refractivity contribution in [3.05, 3.63) is 34.2 Å². The maximum atomic E-state index is 11.8. The first-order valence-electron chi connectivity index (χ1n) is 6.32. The summed E-state index contributed by atoms with van der Waals surface area (Å²) in [6.07, 6.45) is 2.28. The highest BCUT2D eigenvalue weighted by Gasteiger charge is 2.22. The fourth-order valence-electron chi connectivity index (χ4n) is 1.58. The van der Waals surface area contributed by atoms with Crippen LogP contribution in [-0.2, 0) is 14.3 Å². The van der Waals surface area contributed by atoms with Crippen molar-refractivity contribution >= 4 is 17.8 Å². The molecule has 0 bridgehead atoms. The van der Waals surface area contributed by atoms with E-state index in [1.54, 1.807) is 6.92 Å². The molecule has 1 heterocycles. The molecule has 0 unspecified atom stereocenters. The number of aromatic amines is 1. The number of aliphatic carboxylic acids is 1. The molecule has 0 aliphatic carbocycles. The van der Waals surface area contributed by atoms with Crippen molar-refractivity contribution in [3.8, 4) is 0 Å². The third kappa shape index (κ3) is 5.09. The average molecular weight is 296 g/mol. The van der Waals surface area contributed by atoms with Gasteiger partial charge in [-0.25, -0.2) is 4.79 Å². The van der Waals surface area contributed by atoms with Gasteiger partial charge < -0.3 is 20.1 Å². The molecule has 1 aromatic rings. The van der Waals surface area contributed by atoms with Gasteiger partial charge in [0.2, 0.25) is 0 Å². The molecule has 1 atom stereocenters. The lowest BCUT2D eigenvalue weighted by molar-refractivity contribution is -0.144. The van der Waals surface area contributed by atoms with Crippen molar-refractivity contribution in [3.63, 3.8) is 0 Å². The number of carbonyl (C=O) groups excluding carboxylic acids is 2. The predicted octanol–water partition coefficient (Wildman–Crippen LogP) is -0.0988. The lowest BCUT2D eigenvalue weighted by Crippen LogP contribution is -2.42. The molecular formula is C13H16N2O6. The van der Waals surface area contributed by atoms with E-state index in [1.807, 2.05) is 0 Å². The topological polar surface area (TPSA) is 126 Å². The summed E-state index contributed by atoms with van der Waals surface area (Å²) in [5, 5.41) is 11.2. The van der Waals surface area contributed by atoms with E-state index in [-0.39, 0.29) is 25.0 Å². The second kappa shape index (κ2) is 7.83. The van der Waals surface area contributed by atoms with Gasteiger partial charge in [0.15, 0.2) is 5.43 Å². The number of amides is 1. The Morgan fingerprint density at radius 1 is 1.43 bits per heavy atom. The van der Waals surface area contributed by atoms with Crippen LogP contribution in [0, 0.1) is 0 Å². The summed E-state index contributed by atoms with van der Waals surface area (Å²) in [5.41, 5.74) is -0.722. The van der Waals surface area contributed by atoms with E-state index in [9.17, 15) is 19.2 Å². The van der Waals surface area contributed by atoms with E-state index in [4.69, 9.17) is 5.11 Å². The second-order valence-electron chi connectivity index (χ2n) is 4.13. The fraction of sp³-hybridized carbons (Fsp3) is 0.385. The standard InChI is InChI=1S/C13H16N2O6/c1-2-21-11(17)4-3-9(13(19)20)15-12(18)8-7-14-6-5-10(8)16/h5-7,9H,2-4H2,1H3,(H,14,16)(H,15,18)(H,19,20)/t9-/m0/s1. The SMILES string of the molecule is CCOC(=O)CC[C@H](NC(=O)c1c[nH]ccc1=O)C(=O)O. The summed E-state index contributed by atoms with van der Waals surface area (Å²) in [5.74, 6) is -2.65. The average Bonchev–Trinajstić information content (AvgIpc) is 2.43. The lowest BCUT2D eigenvalue weighted by atomic mass is 10.1. The largest absolute Gasteiger partial charge is 0.480 e. The molecule has 0 radical (unpaired) electrons. The molecule has 3 N–H and O–H groups in total. The Balaban J connectivity index is 2.69. The smallest absolute Gasteiger partial charge is 0.326 e. The number of carboxylic acid groups (broad SMARTS) is 1. The summed E-state index contributed by atoms with van der Waals surface area (Å²) in [6.45, 7) is 1.83. The van der Waals surface area contributed by atoms with Crippen LogP contribution in [0.2, 0.25) is 0 Å². The number of hydrogen-bond acceptors (Lipinski definition) is 5. The highest BCUT2D eigenvalue weighted by atomic mass is 16.5. The number of rotatable bonds is 7. The molecule has 0 aromatic carbocycles. The van der Waals surface area contributed by atoms with Gasteiger partial charge in [-0.15, -0.1) is 0 Å². The maximum absolute atomic E-state index is 11.8. The molecule has 8 nitrogen and oxygen atoms in total. The summed E-state index contributed by atoms with van der Waals surface area (Å²) in [4.78, 5) is 48.1. The first-order chi connectivity index (χ1) is 9.95. The minimum absolute atomic E-state index is 0.120. The van der Waals surface area contributed by atoms with Crippen LogP contribution in [0.1, 0.15) is 30.1 Å². The van der Waals surface area contributed by atoms with Crippen molar-refractivity contribution in [2.75, 3.05) is 6.61 Å². The van der Waals surface area contributed by atoms with Gasteiger partial charge in [-0.2, -0.15) is 0 Å². The Hall–Kier alpha value is -2.64. The predicted molar refractivity (Wildman–Crippen MR) is 71.8 cm³/mol. The molecule has 1 amide bonds. The van der Waals surface area contributed by atoms with E-state index in [0.29, 0.717) is 0 Å². The molecule has 114 valence electrons. The Kier molecular flexibility index (Phi) is 6.12. The van der Waals surface area contributed by atoms with Crippen molar-refractivity contribution in [2.45, 2.75) is 25.8 Å². The Bertz CT molecular complexity index is 580. The quantitative estimate of drug-likeness (QED) is 0.603. The number of carbonyl (C=O) groups is 3. The number of nitrogens with one attached hydrogen (secondary N) is 2. The Morgan fingerprint density at radius 2 is 2.14 bits per heavy atom. The number of aromatic nitrogens is 1. The molecule has 21 heavy (non-hydrogen) atoms. The monoisotopic (exact) mass is 296 g/mol. The van der Waals surface area contributed by atoms with Gasteiger partial charge >= 0.3 is 11.9 Å². The molecule has 0 saturated heterocycles. The van der Waals surface area contributed by atoms with Crippen LogP contribution in [-0.4, -0.2) is 40.6 Å². The molecule has 8 heteroatoms. The Labute approximate surface area is 120 Å². The van der Waals surface area contributed by atoms with E-state index >= 15 is 0 Å². The minimum Gasteiger partial charge on any atom is -0.480 e. The van der Waals surface area contributed by atoms with Crippen LogP contribution in [0.3, 0.4) is 0 Å². The zero-order chi connectivity index (χ0) is 15.8. The fourth-order valence-corrected chi connectivity index (χ4v) is 1.58. The number of esters is 1. The molecule has 0 fully saturated rings. The van der Waals surface area contributed by atoms with Gasteiger partial charge in [0, 0.05) is 24.9 Å². The summed E-state index contributed by atoms with van der Waals surface area (Å²) >= 11 is 0. The minimum atomic E-state index is -1.29. The molecule has 0 aliphatic rings. The number of hydrogen-bond donors (Lipinski definition) is 3. The summed E-state index contributed by atoms with van der Waals surface area (Å²) in [7, 11) is 0. The third-order valence-corrected chi connectivity index (χ3v) is 2.61. The number of ether oxygens (including phenoxy) is 1. The van der Waals surface area contributed by atoms with Crippen LogP contribution in [0.25, 0.3) is 0 Å². The third-order valence-electron chi connectivity index (χ3n) is 2.61. The molecule has 0 spiro atoms. The highest BCUT2D eigenvalue weighted by Crippen LogP contribution is 2.01. The van der Waals surface area contributed by atoms with E-state index in [1.165, 1.54) is 12.4 Å². The first-order valence-corrected chi connectivity index (χ1v) is 6.32. The van der Waals surface area contributed by atoms with Gasteiger partial charge in [0.05, 0.1) is 6.61 Å². The van der Waals surface area contributed by atoms with Gasteiger partial charge in [0.25, 0.3) is 5.91 Å². The molecular weight excluding hydrogens is 280 g/mol. The van der Waals surface area contributed by atoms with Crippen molar-refractivity contribution < 1.29 is 24.2 Å². The van der Waals surface area contributed by atoms with Crippen LogP contribution in [0.5, 0.6) is 0 Å². The van der Waals surface area contributed by atoms with Crippen LogP contribution < -0.4 is 10.7 Å². The van der Waals surface area contributed by atoms with Crippen molar-refractivity contribution in [1.82, 2.24) is 10.3 Å². The molecule has 1 rings (SSSR count). The molecule has 0 saturated carbocycles. The maximum Gasteiger partial charge on any atom is 0.326 e. The number of carboxylic acids is 1. The summed E-state index contributed by atoms with van der Waals surface area (Å²) in [6, 6.07) is -0.120. The van der Waals surface area contributed by atoms with Crippen LogP contribution >= 0.6 is 0 Å².